The SMILES string of the molecule is COC(=O)C[C@@H]1COc2cc(O[C@@H]3CCc4c3ccc(C(F)(F)F)c4Cc3cccc(C#N)c3)ccc21. The van der Waals surface area contributed by atoms with Gasteiger partial charge in [0, 0.05) is 17.5 Å². The standard InChI is InChI=1S/C29H24F3NO4/c1-35-28(34)13-19-16-36-27-14-20(5-6-21(19)27)37-26-10-8-22-23(26)7-9-25(29(30,31)32)24(22)12-17-3-2-4-18(11-17)15-33/h2-7,9,11,14,19,26H,8,10,12-13,16H2,1H3/t19-,26-/m1/s1. The molecule has 3 aromatic rings. The third kappa shape index (κ3) is 4.99. The molecule has 0 fully saturated rings. The smallest absolute Gasteiger partial charge is 0.416 e. The minimum atomic E-state index is -4.49. The highest BCUT2D eigenvalue weighted by Gasteiger charge is 2.37. The van der Waals surface area contributed by atoms with E-state index in [0.717, 1.165) is 17.2 Å². The first kappa shape index (κ1) is 24.7. The number of nitrogens with zero attached hydrogens (tertiary/aromatic N) is 1. The highest BCUT2D eigenvalue weighted by atomic mass is 19.4. The molecule has 8 heteroatoms. The lowest BCUT2D eigenvalue weighted by molar-refractivity contribution is -0.141. The summed E-state index contributed by atoms with van der Waals surface area (Å²) in [4.78, 5) is 11.7. The van der Waals surface area contributed by atoms with Gasteiger partial charge in [-0.2, -0.15) is 18.4 Å². The summed E-state index contributed by atoms with van der Waals surface area (Å²) in [5, 5.41) is 9.19. The molecule has 2 atom stereocenters. The highest BCUT2D eigenvalue weighted by Crippen LogP contribution is 2.44. The van der Waals surface area contributed by atoms with Crippen LogP contribution in [0.1, 0.15) is 63.8 Å². The summed E-state index contributed by atoms with van der Waals surface area (Å²) < 4.78 is 58.6. The number of hydrogen-bond acceptors (Lipinski definition) is 5. The molecular formula is C29H24F3NO4. The molecule has 0 unspecified atom stereocenters. The van der Waals surface area contributed by atoms with Crippen LogP contribution in [0.25, 0.3) is 0 Å². The van der Waals surface area contributed by atoms with E-state index in [4.69, 9.17) is 14.2 Å². The number of fused-ring (bicyclic) bond motifs is 2. The van der Waals surface area contributed by atoms with Crippen molar-refractivity contribution in [2.75, 3.05) is 13.7 Å². The maximum absolute atomic E-state index is 13.9. The van der Waals surface area contributed by atoms with Crippen LogP contribution in [0, 0.1) is 11.3 Å². The number of esters is 1. The number of methoxy groups -OCH3 is 1. The van der Waals surface area contributed by atoms with Crippen LogP contribution in [-0.4, -0.2) is 19.7 Å². The van der Waals surface area contributed by atoms with Crippen LogP contribution in [-0.2, 0) is 28.5 Å². The van der Waals surface area contributed by atoms with E-state index >= 15 is 0 Å². The van der Waals surface area contributed by atoms with Crippen molar-refractivity contribution >= 4 is 5.97 Å². The Kier molecular flexibility index (Phi) is 6.55. The lowest BCUT2D eigenvalue weighted by atomic mass is 9.91. The number of ether oxygens (including phenoxy) is 3. The average molecular weight is 508 g/mol. The first-order valence-corrected chi connectivity index (χ1v) is 12.0. The van der Waals surface area contributed by atoms with E-state index in [2.05, 4.69) is 0 Å². The molecular weight excluding hydrogens is 483 g/mol. The Morgan fingerprint density at radius 3 is 2.70 bits per heavy atom. The van der Waals surface area contributed by atoms with Crippen LogP contribution >= 0.6 is 0 Å². The average Bonchev–Trinajstić information content (AvgIpc) is 3.47. The zero-order valence-electron chi connectivity index (χ0n) is 20.1. The number of carbonyl (C=O) groups excluding carboxylic acids is 1. The van der Waals surface area contributed by atoms with Gasteiger partial charge in [-0.25, -0.2) is 0 Å². The molecule has 5 nitrogen and oxygen atoms in total. The molecule has 37 heavy (non-hydrogen) atoms. The summed E-state index contributed by atoms with van der Waals surface area (Å²) >= 11 is 0. The van der Waals surface area contributed by atoms with Crippen molar-refractivity contribution in [2.24, 2.45) is 0 Å². The molecule has 0 saturated carbocycles. The summed E-state index contributed by atoms with van der Waals surface area (Å²) in [6.07, 6.45) is -3.58. The number of hydrogen-bond donors (Lipinski definition) is 0. The lowest BCUT2D eigenvalue weighted by Gasteiger charge is -2.20. The van der Waals surface area contributed by atoms with Gasteiger partial charge in [0.05, 0.1) is 37.3 Å². The van der Waals surface area contributed by atoms with Crippen LogP contribution in [0.5, 0.6) is 11.5 Å². The third-order valence-electron chi connectivity index (χ3n) is 7.00. The molecule has 2 aliphatic rings. The molecule has 3 aromatic carbocycles. The quantitative estimate of drug-likeness (QED) is 0.368. The maximum atomic E-state index is 13.9. The molecule has 1 heterocycles. The second-order valence-corrected chi connectivity index (χ2v) is 9.28. The number of benzene rings is 3. The van der Waals surface area contributed by atoms with Crippen LogP contribution in [0.3, 0.4) is 0 Å². The first-order valence-electron chi connectivity index (χ1n) is 12.0. The fraction of sp³-hybridized carbons (Fsp3) is 0.310. The van der Waals surface area contributed by atoms with E-state index in [0.29, 0.717) is 47.6 Å². The minimum absolute atomic E-state index is 0.0779. The van der Waals surface area contributed by atoms with Gasteiger partial charge >= 0.3 is 12.1 Å². The van der Waals surface area contributed by atoms with Crippen LogP contribution in [0.2, 0.25) is 0 Å². The van der Waals surface area contributed by atoms with E-state index in [1.54, 1.807) is 36.4 Å². The lowest BCUT2D eigenvalue weighted by Crippen LogP contribution is -2.13. The molecule has 1 aliphatic heterocycles. The molecule has 0 saturated heterocycles. The second-order valence-electron chi connectivity index (χ2n) is 9.28. The Bertz CT molecular complexity index is 1390. The van der Waals surface area contributed by atoms with Gasteiger partial charge in [-0.1, -0.05) is 24.3 Å². The van der Waals surface area contributed by atoms with Gasteiger partial charge in [0.15, 0.2) is 0 Å². The van der Waals surface area contributed by atoms with E-state index in [1.807, 2.05) is 12.1 Å². The third-order valence-corrected chi connectivity index (χ3v) is 7.00. The number of alkyl halides is 3. The molecule has 1 aliphatic carbocycles. The predicted molar refractivity (Wildman–Crippen MR) is 128 cm³/mol. The van der Waals surface area contributed by atoms with Crippen LogP contribution in [0.15, 0.2) is 54.6 Å². The van der Waals surface area contributed by atoms with Crippen molar-refractivity contribution < 1.29 is 32.2 Å². The van der Waals surface area contributed by atoms with Crippen molar-refractivity contribution in [3.63, 3.8) is 0 Å². The Labute approximate surface area is 212 Å². The Hall–Kier alpha value is -3.99. The normalized spacial score (nSPS) is 17.9. The van der Waals surface area contributed by atoms with Gasteiger partial charge in [-0.3, -0.25) is 4.79 Å². The number of carbonyl (C=O) groups is 1. The second kappa shape index (κ2) is 9.81. The fourth-order valence-electron chi connectivity index (χ4n) is 5.23. The number of halogens is 3. The Balaban J connectivity index is 1.42. The van der Waals surface area contributed by atoms with Gasteiger partial charge in [0.25, 0.3) is 0 Å². The number of nitriles is 1. The summed E-state index contributed by atoms with van der Waals surface area (Å²) in [5.41, 5.74) is 2.93. The molecule has 0 aromatic heterocycles. The molecule has 5 rings (SSSR count). The van der Waals surface area contributed by atoms with Crippen molar-refractivity contribution in [2.45, 2.75) is 43.9 Å². The molecule has 190 valence electrons. The van der Waals surface area contributed by atoms with E-state index in [9.17, 15) is 23.2 Å². The van der Waals surface area contributed by atoms with Crippen molar-refractivity contribution in [3.05, 3.63) is 93.5 Å². The molecule has 0 amide bonds. The topological polar surface area (TPSA) is 68.6 Å². The predicted octanol–water partition coefficient (Wildman–Crippen LogP) is 6.27. The zero-order valence-corrected chi connectivity index (χ0v) is 20.1. The van der Waals surface area contributed by atoms with Crippen LogP contribution in [0.4, 0.5) is 13.2 Å². The van der Waals surface area contributed by atoms with Crippen LogP contribution < -0.4 is 9.47 Å². The summed E-state index contributed by atoms with van der Waals surface area (Å²) in [6, 6.07) is 16.8. The first-order chi connectivity index (χ1) is 17.8. The molecule has 0 spiro atoms. The monoisotopic (exact) mass is 507 g/mol. The number of rotatable bonds is 6. The zero-order chi connectivity index (χ0) is 26.2. The molecule has 0 N–H and O–H groups in total. The van der Waals surface area contributed by atoms with E-state index in [-0.39, 0.29) is 30.3 Å². The minimum Gasteiger partial charge on any atom is -0.492 e. The Morgan fingerprint density at radius 2 is 1.95 bits per heavy atom. The van der Waals surface area contributed by atoms with E-state index in [1.165, 1.54) is 13.2 Å². The highest BCUT2D eigenvalue weighted by molar-refractivity contribution is 5.71. The maximum Gasteiger partial charge on any atom is 0.416 e. The summed E-state index contributed by atoms with van der Waals surface area (Å²) in [5.74, 6) is 0.790. The molecule has 0 bridgehead atoms. The van der Waals surface area contributed by atoms with Crippen molar-refractivity contribution in [1.82, 2.24) is 0 Å². The van der Waals surface area contributed by atoms with Gasteiger partial charge < -0.3 is 14.2 Å². The van der Waals surface area contributed by atoms with E-state index < -0.39 is 17.8 Å². The van der Waals surface area contributed by atoms with Gasteiger partial charge in [-0.05, 0) is 65.8 Å². The molecule has 0 radical (unpaired) electrons. The van der Waals surface area contributed by atoms with Crippen molar-refractivity contribution in [3.8, 4) is 17.6 Å². The summed E-state index contributed by atoms with van der Waals surface area (Å²) in [7, 11) is 1.35. The Morgan fingerprint density at radius 1 is 1.14 bits per heavy atom. The van der Waals surface area contributed by atoms with Gasteiger partial charge in [-0.15, -0.1) is 0 Å². The largest absolute Gasteiger partial charge is 0.492 e. The van der Waals surface area contributed by atoms with Gasteiger partial charge in [0.2, 0.25) is 0 Å². The van der Waals surface area contributed by atoms with Gasteiger partial charge in [0.1, 0.15) is 17.6 Å². The van der Waals surface area contributed by atoms with Crippen molar-refractivity contribution in [1.29, 1.82) is 5.26 Å². The fourth-order valence-corrected chi connectivity index (χ4v) is 5.23. The summed E-state index contributed by atoms with van der Waals surface area (Å²) in [6.45, 7) is 0.372.